The molecule has 0 bridgehead atoms. The molecule has 1 aromatic carbocycles. The van der Waals surface area contributed by atoms with Gasteiger partial charge in [-0.25, -0.2) is 0 Å². The quantitative estimate of drug-likeness (QED) is 0.528. The number of hydrogen-bond acceptors (Lipinski definition) is 3. The van der Waals surface area contributed by atoms with Crippen LogP contribution in [0.3, 0.4) is 0 Å². The molecule has 0 aromatic heterocycles. The van der Waals surface area contributed by atoms with E-state index in [2.05, 4.69) is 6.92 Å². The van der Waals surface area contributed by atoms with Crippen molar-refractivity contribution in [3.8, 4) is 0 Å². The maximum Gasteiger partial charge on any atom is 0.191 e. The summed E-state index contributed by atoms with van der Waals surface area (Å²) in [6.07, 6.45) is 4.43. The van der Waals surface area contributed by atoms with Gasteiger partial charge in [0.15, 0.2) is 5.78 Å². The fraction of sp³-hybridized carbons (Fsp3) is 0.556. The Morgan fingerprint density at radius 3 is 2.29 bits per heavy atom. The largest absolute Gasteiger partial charge is 0.384 e. The molecule has 1 rings (SSSR count). The fourth-order valence-electron chi connectivity index (χ4n) is 2.30. The first kappa shape index (κ1) is 17.6. The Morgan fingerprint density at radius 1 is 1.05 bits per heavy atom. The highest BCUT2D eigenvalue weighted by Crippen LogP contribution is 2.12. The van der Waals surface area contributed by atoms with Gasteiger partial charge in [-0.2, -0.15) is 0 Å². The second-order valence-electron chi connectivity index (χ2n) is 5.53. The van der Waals surface area contributed by atoms with Crippen molar-refractivity contribution >= 4 is 11.6 Å². The normalized spacial score (nSPS) is 12.1. The molecule has 0 aliphatic rings. The number of aliphatic hydroxyl groups is 1. The number of ketones is 2. The van der Waals surface area contributed by atoms with Crippen LogP contribution in [0.4, 0.5) is 0 Å². The van der Waals surface area contributed by atoms with Crippen LogP contribution < -0.4 is 0 Å². The van der Waals surface area contributed by atoms with Crippen LogP contribution in [0, 0.1) is 0 Å². The number of benzene rings is 1. The Bertz CT molecular complexity index is 448. The maximum atomic E-state index is 12.1. The van der Waals surface area contributed by atoms with Crippen LogP contribution in [-0.2, 0) is 11.2 Å². The Balaban J connectivity index is 2.55. The van der Waals surface area contributed by atoms with Crippen molar-refractivity contribution in [1.29, 1.82) is 0 Å². The molecule has 0 heterocycles. The van der Waals surface area contributed by atoms with Crippen molar-refractivity contribution < 1.29 is 14.7 Å². The highest BCUT2D eigenvalue weighted by molar-refractivity contribution is 6.01. The van der Waals surface area contributed by atoms with Crippen LogP contribution in [0.15, 0.2) is 24.3 Å². The van der Waals surface area contributed by atoms with Crippen molar-refractivity contribution in [1.82, 2.24) is 0 Å². The number of carbonyl (C=O) groups excluding carboxylic acids is 2. The summed E-state index contributed by atoms with van der Waals surface area (Å²) in [4.78, 5) is 23.5. The van der Waals surface area contributed by atoms with Crippen molar-refractivity contribution in [3.05, 3.63) is 35.4 Å². The lowest BCUT2D eigenvalue weighted by atomic mass is 9.98. The third-order valence-electron chi connectivity index (χ3n) is 3.56. The number of aliphatic hydroxyl groups excluding tert-OH is 1. The van der Waals surface area contributed by atoms with Gasteiger partial charge in [-0.15, -0.1) is 0 Å². The smallest absolute Gasteiger partial charge is 0.191 e. The highest BCUT2D eigenvalue weighted by atomic mass is 16.3. The van der Waals surface area contributed by atoms with E-state index in [1.807, 2.05) is 19.1 Å². The number of Topliss-reactive ketones (excluding diaryl/α,β-unsaturated/α-hetero) is 2. The molecule has 0 aliphatic heterocycles. The summed E-state index contributed by atoms with van der Waals surface area (Å²) in [7, 11) is 0. The average molecular weight is 290 g/mol. The van der Waals surface area contributed by atoms with Gasteiger partial charge in [0.2, 0.25) is 0 Å². The van der Waals surface area contributed by atoms with Gasteiger partial charge >= 0.3 is 0 Å². The molecule has 0 saturated heterocycles. The molecule has 0 spiro atoms. The van der Waals surface area contributed by atoms with E-state index in [0.717, 1.165) is 19.3 Å². The zero-order chi connectivity index (χ0) is 15.7. The Hall–Kier alpha value is -1.48. The van der Waals surface area contributed by atoms with E-state index < -0.39 is 6.10 Å². The monoisotopic (exact) mass is 290 g/mol. The van der Waals surface area contributed by atoms with Gasteiger partial charge in [0.1, 0.15) is 11.9 Å². The summed E-state index contributed by atoms with van der Waals surface area (Å²) in [6.45, 7) is 4.08. The van der Waals surface area contributed by atoms with E-state index in [1.54, 1.807) is 12.1 Å². The van der Waals surface area contributed by atoms with Gasteiger partial charge in [0.05, 0.1) is 0 Å². The van der Waals surface area contributed by atoms with Crippen LogP contribution in [0.2, 0.25) is 0 Å². The summed E-state index contributed by atoms with van der Waals surface area (Å²) in [6, 6.07) is 7.36. The summed E-state index contributed by atoms with van der Waals surface area (Å²) in [5.41, 5.74) is 1.68. The lowest BCUT2D eigenvalue weighted by Crippen LogP contribution is -2.23. The number of hydrogen-bond donors (Lipinski definition) is 1. The lowest BCUT2D eigenvalue weighted by Gasteiger charge is -2.09. The minimum atomic E-state index is -1.21. The molecule has 0 amide bonds. The summed E-state index contributed by atoms with van der Waals surface area (Å²) in [5.74, 6) is -0.422. The van der Waals surface area contributed by atoms with E-state index in [4.69, 9.17) is 0 Å². The number of aryl methyl sites for hydroxylation is 1. The van der Waals surface area contributed by atoms with E-state index in [9.17, 15) is 14.7 Å². The molecular weight excluding hydrogens is 264 g/mol. The molecule has 1 N–H and O–H groups in total. The molecule has 0 radical (unpaired) electrons. The first-order valence-corrected chi connectivity index (χ1v) is 7.91. The molecule has 1 atom stereocenters. The van der Waals surface area contributed by atoms with Crippen LogP contribution in [0.1, 0.15) is 68.3 Å². The fourth-order valence-corrected chi connectivity index (χ4v) is 2.30. The van der Waals surface area contributed by atoms with E-state index in [-0.39, 0.29) is 18.0 Å². The zero-order valence-electron chi connectivity index (χ0n) is 13.1. The second kappa shape index (κ2) is 9.46. The minimum absolute atomic E-state index is 0.0606. The SMILES string of the molecule is CCCCCc1ccc(C(=O)C(O)CC(=O)CCC)cc1. The van der Waals surface area contributed by atoms with Gasteiger partial charge in [-0.05, 0) is 24.8 Å². The molecule has 0 saturated carbocycles. The van der Waals surface area contributed by atoms with E-state index in [1.165, 1.54) is 18.4 Å². The van der Waals surface area contributed by atoms with Crippen LogP contribution in [-0.4, -0.2) is 22.8 Å². The summed E-state index contributed by atoms with van der Waals surface area (Å²) >= 11 is 0. The van der Waals surface area contributed by atoms with Gasteiger partial charge < -0.3 is 5.11 Å². The van der Waals surface area contributed by atoms with Gasteiger partial charge in [-0.1, -0.05) is 51.0 Å². The molecule has 0 fully saturated rings. The summed E-state index contributed by atoms with van der Waals surface area (Å²) < 4.78 is 0. The van der Waals surface area contributed by atoms with Crippen molar-refractivity contribution in [2.75, 3.05) is 0 Å². The van der Waals surface area contributed by atoms with E-state index in [0.29, 0.717) is 12.0 Å². The van der Waals surface area contributed by atoms with Gasteiger partial charge in [0, 0.05) is 18.4 Å². The predicted octanol–water partition coefficient (Wildman–Crippen LogP) is 3.72. The van der Waals surface area contributed by atoms with Gasteiger partial charge in [-0.3, -0.25) is 9.59 Å². The Labute approximate surface area is 127 Å². The molecule has 116 valence electrons. The standard InChI is InChI=1S/C18H26O3/c1-3-5-6-8-14-9-11-15(12-10-14)18(21)17(20)13-16(19)7-4-2/h9-12,17,20H,3-8,13H2,1-2H3. The number of rotatable bonds is 10. The van der Waals surface area contributed by atoms with Crippen LogP contribution in [0.5, 0.6) is 0 Å². The first-order valence-electron chi connectivity index (χ1n) is 7.91. The zero-order valence-corrected chi connectivity index (χ0v) is 13.1. The highest BCUT2D eigenvalue weighted by Gasteiger charge is 2.19. The third kappa shape index (κ3) is 6.21. The number of unbranched alkanes of at least 4 members (excludes halogenated alkanes) is 2. The number of carbonyl (C=O) groups is 2. The first-order chi connectivity index (χ1) is 10.1. The van der Waals surface area contributed by atoms with Gasteiger partial charge in [0.25, 0.3) is 0 Å². The third-order valence-corrected chi connectivity index (χ3v) is 3.56. The molecule has 1 aromatic rings. The lowest BCUT2D eigenvalue weighted by molar-refractivity contribution is -0.120. The molecule has 3 heteroatoms. The average Bonchev–Trinajstić information content (AvgIpc) is 2.47. The Kier molecular flexibility index (Phi) is 7.91. The predicted molar refractivity (Wildman–Crippen MR) is 84.5 cm³/mol. The second-order valence-corrected chi connectivity index (χ2v) is 5.53. The van der Waals surface area contributed by atoms with Crippen LogP contribution >= 0.6 is 0 Å². The topological polar surface area (TPSA) is 54.4 Å². The summed E-state index contributed by atoms with van der Waals surface area (Å²) in [5, 5.41) is 9.84. The molecule has 0 aliphatic carbocycles. The van der Waals surface area contributed by atoms with Crippen LogP contribution in [0.25, 0.3) is 0 Å². The molecule has 21 heavy (non-hydrogen) atoms. The maximum absolute atomic E-state index is 12.1. The van der Waals surface area contributed by atoms with Crippen molar-refractivity contribution in [2.45, 2.75) is 64.9 Å². The molecule has 3 nitrogen and oxygen atoms in total. The minimum Gasteiger partial charge on any atom is -0.384 e. The van der Waals surface area contributed by atoms with E-state index >= 15 is 0 Å². The molecule has 1 unspecified atom stereocenters. The van der Waals surface area contributed by atoms with Crippen molar-refractivity contribution in [2.24, 2.45) is 0 Å². The molecular formula is C18H26O3. The van der Waals surface area contributed by atoms with Crippen molar-refractivity contribution in [3.63, 3.8) is 0 Å². The Morgan fingerprint density at radius 2 is 1.71 bits per heavy atom.